The van der Waals surface area contributed by atoms with E-state index in [1.165, 1.54) is 0 Å². The molecule has 1 aliphatic carbocycles. The molecule has 108 valence electrons. The fourth-order valence-electron chi connectivity index (χ4n) is 2.61. The molecule has 0 saturated heterocycles. The Morgan fingerprint density at radius 1 is 1.14 bits per heavy atom. The van der Waals surface area contributed by atoms with E-state index in [0.29, 0.717) is 13.0 Å². The number of methoxy groups -OCH3 is 1. The largest absolute Gasteiger partial charge is 0.496 e. The minimum Gasteiger partial charge on any atom is -0.496 e. The zero-order valence-electron chi connectivity index (χ0n) is 11.7. The lowest BCUT2D eigenvalue weighted by Gasteiger charge is -2.13. The molecule has 0 N–H and O–H groups in total. The molecule has 3 rings (SSSR count). The molecule has 0 atom stereocenters. The number of fused-ring (bicyclic) bond motifs is 1. The highest BCUT2D eigenvalue weighted by molar-refractivity contribution is 9.10. The van der Waals surface area contributed by atoms with Gasteiger partial charge in [-0.1, -0.05) is 28.1 Å². The summed E-state index contributed by atoms with van der Waals surface area (Å²) in [5, 5.41) is 0. The number of Topliss-reactive ketones (excluding diaryl/α,β-unsaturated/α-hetero) is 1. The smallest absolute Gasteiger partial charge is 0.163 e. The summed E-state index contributed by atoms with van der Waals surface area (Å²) in [5.74, 6) is 1.79. The van der Waals surface area contributed by atoms with Crippen molar-refractivity contribution in [2.75, 3.05) is 7.11 Å². The van der Waals surface area contributed by atoms with Crippen LogP contribution >= 0.6 is 15.9 Å². The number of ketones is 1. The number of benzene rings is 2. The molecule has 0 unspecified atom stereocenters. The number of carbonyl (C=O) groups excluding carboxylic acids is 1. The van der Waals surface area contributed by atoms with Crippen LogP contribution in [-0.2, 0) is 13.0 Å². The molecule has 3 nitrogen and oxygen atoms in total. The van der Waals surface area contributed by atoms with E-state index in [9.17, 15) is 4.79 Å². The van der Waals surface area contributed by atoms with Crippen molar-refractivity contribution in [3.8, 4) is 11.5 Å². The average molecular weight is 347 g/mol. The second-order valence-electron chi connectivity index (χ2n) is 4.95. The normalized spacial score (nSPS) is 13.1. The Morgan fingerprint density at radius 3 is 2.81 bits per heavy atom. The van der Waals surface area contributed by atoms with E-state index < -0.39 is 0 Å². The molecule has 0 heterocycles. The molecule has 0 radical (unpaired) electrons. The molecule has 0 fully saturated rings. The summed E-state index contributed by atoms with van der Waals surface area (Å²) in [6.45, 7) is 0.410. The van der Waals surface area contributed by atoms with Crippen molar-refractivity contribution >= 4 is 21.7 Å². The third-order valence-electron chi connectivity index (χ3n) is 3.66. The minimum atomic E-state index is 0.204. The molecular formula is C17H15BrO3. The van der Waals surface area contributed by atoms with Gasteiger partial charge in [0.2, 0.25) is 0 Å². The maximum Gasteiger partial charge on any atom is 0.163 e. The summed E-state index contributed by atoms with van der Waals surface area (Å²) in [6, 6.07) is 11.5. The number of carbonyl (C=O) groups is 1. The first-order valence-corrected chi connectivity index (χ1v) is 7.58. The SMILES string of the molecule is COc1ccc(Br)cc1COc1cccc2c1CCC2=O. The topological polar surface area (TPSA) is 35.5 Å². The predicted molar refractivity (Wildman–Crippen MR) is 84.1 cm³/mol. The highest BCUT2D eigenvalue weighted by atomic mass is 79.9. The van der Waals surface area contributed by atoms with E-state index in [1.54, 1.807) is 7.11 Å². The number of hydrogen-bond donors (Lipinski definition) is 0. The summed E-state index contributed by atoms with van der Waals surface area (Å²) in [6.07, 6.45) is 1.34. The standard InChI is InChI=1S/C17H15BrO3/c1-20-16-8-5-12(18)9-11(16)10-21-17-4-2-3-13-14(17)6-7-15(13)19/h2-5,8-9H,6-7,10H2,1H3. The molecular weight excluding hydrogens is 332 g/mol. The van der Waals surface area contributed by atoms with Gasteiger partial charge in [-0.3, -0.25) is 4.79 Å². The van der Waals surface area contributed by atoms with Crippen molar-refractivity contribution in [1.29, 1.82) is 0 Å². The molecule has 1 aliphatic rings. The van der Waals surface area contributed by atoms with Crippen molar-refractivity contribution in [3.63, 3.8) is 0 Å². The fourth-order valence-corrected chi connectivity index (χ4v) is 3.02. The van der Waals surface area contributed by atoms with Crippen molar-refractivity contribution in [1.82, 2.24) is 0 Å². The maximum atomic E-state index is 11.8. The van der Waals surface area contributed by atoms with Crippen LogP contribution in [0.4, 0.5) is 0 Å². The highest BCUT2D eigenvalue weighted by Gasteiger charge is 2.22. The Kier molecular flexibility index (Phi) is 3.97. The molecule has 2 aromatic rings. The lowest BCUT2D eigenvalue weighted by Crippen LogP contribution is -2.01. The minimum absolute atomic E-state index is 0.204. The third-order valence-corrected chi connectivity index (χ3v) is 4.15. The summed E-state index contributed by atoms with van der Waals surface area (Å²) in [7, 11) is 1.64. The van der Waals surface area contributed by atoms with Gasteiger partial charge in [-0.05, 0) is 30.7 Å². The number of halogens is 1. The molecule has 21 heavy (non-hydrogen) atoms. The number of rotatable bonds is 4. The maximum absolute atomic E-state index is 11.8. The Morgan fingerprint density at radius 2 is 2.00 bits per heavy atom. The van der Waals surface area contributed by atoms with Gasteiger partial charge in [-0.25, -0.2) is 0 Å². The van der Waals surface area contributed by atoms with E-state index in [4.69, 9.17) is 9.47 Å². The van der Waals surface area contributed by atoms with Crippen molar-refractivity contribution in [2.24, 2.45) is 0 Å². The first-order valence-electron chi connectivity index (χ1n) is 6.79. The molecule has 4 heteroatoms. The lowest BCUT2D eigenvalue weighted by atomic mass is 10.1. The van der Waals surface area contributed by atoms with Crippen LogP contribution in [0.2, 0.25) is 0 Å². The molecule has 2 aromatic carbocycles. The molecule has 0 bridgehead atoms. The molecule has 0 spiro atoms. The van der Waals surface area contributed by atoms with Crippen LogP contribution in [0, 0.1) is 0 Å². The quantitative estimate of drug-likeness (QED) is 0.833. The summed E-state index contributed by atoms with van der Waals surface area (Å²) in [5.41, 5.74) is 2.79. The van der Waals surface area contributed by atoms with Crippen LogP contribution in [-0.4, -0.2) is 12.9 Å². The highest BCUT2D eigenvalue weighted by Crippen LogP contribution is 2.32. The van der Waals surface area contributed by atoms with Crippen LogP contribution in [0.15, 0.2) is 40.9 Å². The van der Waals surface area contributed by atoms with Gasteiger partial charge < -0.3 is 9.47 Å². The van der Waals surface area contributed by atoms with Gasteiger partial charge in [-0.2, -0.15) is 0 Å². The van der Waals surface area contributed by atoms with Crippen LogP contribution in [0.25, 0.3) is 0 Å². The second-order valence-corrected chi connectivity index (χ2v) is 5.87. The van der Waals surface area contributed by atoms with Gasteiger partial charge in [-0.15, -0.1) is 0 Å². The average Bonchev–Trinajstić information content (AvgIpc) is 2.87. The van der Waals surface area contributed by atoms with E-state index in [2.05, 4.69) is 15.9 Å². The first-order chi connectivity index (χ1) is 10.2. The molecule has 0 amide bonds. The summed E-state index contributed by atoms with van der Waals surface area (Å²) >= 11 is 3.45. The molecule has 0 aliphatic heterocycles. The molecule has 0 saturated carbocycles. The van der Waals surface area contributed by atoms with Gasteiger partial charge in [0.1, 0.15) is 18.1 Å². The predicted octanol–water partition coefficient (Wildman–Crippen LogP) is 4.17. The van der Waals surface area contributed by atoms with Gasteiger partial charge in [0.25, 0.3) is 0 Å². The lowest BCUT2D eigenvalue weighted by molar-refractivity contribution is 0.0994. The van der Waals surface area contributed by atoms with Gasteiger partial charge >= 0.3 is 0 Å². The van der Waals surface area contributed by atoms with Gasteiger partial charge in [0, 0.05) is 27.6 Å². The Hall–Kier alpha value is -1.81. The monoisotopic (exact) mass is 346 g/mol. The first kappa shape index (κ1) is 14.1. The van der Waals surface area contributed by atoms with Crippen molar-refractivity contribution < 1.29 is 14.3 Å². The van der Waals surface area contributed by atoms with Crippen molar-refractivity contribution in [2.45, 2.75) is 19.4 Å². The zero-order valence-corrected chi connectivity index (χ0v) is 13.3. The van der Waals surface area contributed by atoms with Crippen LogP contribution in [0.3, 0.4) is 0 Å². The zero-order chi connectivity index (χ0) is 14.8. The molecule has 0 aromatic heterocycles. The van der Waals surface area contributed by atoms with E-state index >= 15 is 0 Å². The van der Waals surface area contributed by atoms with E-state index in [1.807, 2.05) is 36.4 Å². The summed E-state index contributed by atoms with van der Waals surface area (Å²) in [4.78, 5) is 11.8. The Bertz CT molecular complexity index is 694. The van der Waals surface area contributed by atoms with Gasteiger partial charge in [0.15, 0.2) is 5.78 Å². The fraction of sp³-hybridized carbons (Fsp3) is 0.235. The van der Waals surface area contributed by atoms with Crippen LogP contribution in [0.5, 0.6) is 11.5 Å². The second kappa shape index (κ2) is 5.90. The van der Waals surface area contributed by atoms with Crippen LogP contribution < -0.4 is 9.47 Å². The van der Waals surface area contributed by atoms with Crippen molar-refractivity contribution in [3.05, 3.63) is 57.6 Å². The van der Waals surface area contributed by atoms with Gasteiger partial charge in [0.05, 0.1) is 7.11 Å². The number of hydrogen-bond acceptors (Lipinski definition) is 3. The Balaban J connectivity index is 1.83. The third kappa shape index (κ3) is 2.81. The van der Waals surface area contributed by atoms with E-state index in [-0.39, 0.29) is 5.78 Å². The van der Waals surface area contributed by atoms with Crippen LogP contribution in [0.1, 0.15) is 27.9 Å². The summed E-state index contributed by atoms with van der Waals surface area (Å²) < 4.78 is 12.3. The Labute approximate surface area is 132 Å². The number of ether oxygens (including phenoxy) is 2. The van der Waals surface area contributed by atoms with E-state index in [0.717, 1.165) is 39.1 Å².